The first-order valence-corrected chi connectivity index (χ1v) is 11.6. The highest BCUT2D eigenvalue weighted by Crippen LogP contribution is 2.17. The second kappa shape index (κ2) is 9.59. The maximum atomic E-state index is 12.8. The van der Waals surface area contributed by atoms with Crippen LogP contribution in [0, 0.1) is 0 Å². The Bertz CT molecular complexity index is 824. The number of carbonyl (C=O) groups is 1. The SMILES string of the molecule is CSCCC(NS(=O)(=O)c1ccccc1)C(=O)N(C)Cc1ccc(Br)o1. The van der Waals surface area contributed by atoms with E-state index in [0.29, 0.717) is 22.6 Å². The van der Waals surface area contributed by atoms with Crippen molar-refractivity contribution in [3.63, 3.8) is 0 Å². The summed E-state index contributed by atoms with van der Waals surface area (Å²) in [6, 6.07) is 10.7. The van der Waals surface area contributed by atoms with E-state index >= 15 is 0 Å². The van der Waals surface area contributed by atoms with Gasteiger partial charge in [-0.1, -0.05) is 18.2 Å². The maximum absolute atomic E-state index is 12.8. The molecule has 1 aromatic carbocycles. The van der Waals surface area contributed by atoms with E-state index in [4.69, 9.17) is 4.42 Å². The molecule has 1 atom stereocenters. The van der Waals surface area contributed by atoms with Crippen molar-refractivity contribution in [3.8, 4) is 0 Å². The van der Waals surface area contributed by atoms with Gasteiger partial charge in [-0.15, -0.1) is 0 Å². The molecule has 1 unspecified atom stereocenters. The Balaban J connectivity index is 2.13. The molecule has 1 N–H and O–H groups in total. The Morgan fingerprint density at radius 2 is 1.96 bits per heavy atom. The molecule has 9 heteroatoms. The summed E-state index contributed by atoms with van der Waals surface area (Å²) < 4.78 is 33.7. The Morgan fingerprint density at radius 3 is 2.54 bits per heavy atom. The minimum absolute atomic E-state index is 0.138. The van der Waals surface area contributed by atoms with Crippen LogP contribution >= 0.6 is 27.7 Å². The van der Waals surface area contributed by atoms with Crippen LogP contribution in [0.1, 0.15) is 12.2 Å². The quantitative estimate of drug-likeness (QED) is 0.621. The Labute approximate surface area is 166 Å². The van der Waals surface area contributed by atoms with Crippen LogP contribution in [-0.2, 0) is 21.4 Å². The number of hydrogen-bond donors (Lipinski definition) is 1. The van der Waals surface area contributed by atoms with Gasteiger partial charge in [-0.3, -0.25) is 4.79 Å². The zero-order chi connectivity index (χ0) is 19.2. The van der Waals surface area contributed by atoms with Gasteiger partial charge in [-0.2, -0.15) is 16.5 Å². The van der Waals surface area contributed by atoms with Crippen LogP contribution < -0.4 is 4.72 Å². The van der Waals surface area contributed by atoms with Gasteiger partial charge in [0, 0.05) is 7.05 Å². The fourth-order valence-corrected chi connectivity index (χ4v) is 4.39. The van der Waals surface area contributed by atoms with Gasteiger partial charge < -0.3 is 9.32 Å². The van der Waals surface area contributed by atoms with Crippen molar-refractivity contribution >= 4 is 43.6 Å². The Kier molecular flexibility index (Phi) is 7.75. The number of carbonyl (C=O) groups excluding carboxylic acids is 1. The molecule has 0 fully saturated rings. The minimum Gasteiger partial charge on any atom is -0.452 e. The number of furan rings is 1. The van der Waals surface area contributed by atoms with E-state index in [1.54, 1.807) is 49.1 Å². The highest BCUT2D eigenvalue weighted by Gasteiger charge is 2.28. The summed E-state index contributed by atoms with van der Waals surface area (Å²) in [5, 5.41) is 0. The second-order valence-corrected chi connectivity index (χ2v) is 9.15. The van der Waals surface area contributed by atoms with Gasteiger partial charge in [-0.05, 0) is 58.6 Å². The first-order valence-electron chi connectivity index (χ1n) is 7.89. The summed E-state index contributed by atoms with van der Waals surface area (Å²) in [5.74, 6) is 0.974. The van der Waals surface area contributed by atoms with Gasteiger partial charge in [0.25, 0.3) is 0 Å². The zero-order valence-corrected chi connectivity index (χ0v) is 17.7. The van der Waals surface area contributed by atoms with E-state index in [1.807, 2.05) is 6.26 Å². The van der Waals surface area contributed by atoms with Gasteiger partial charge in [-0.25, -0.2) is 8.42 Å². The van der Waals surface area contributed by atoms with Gasteiger partial charge in [0.2, 0.25) is 15.9 Å². The highest BCUT2D eigenvalue weighted by molar-refractivity contribution is 9.10. The predicted octanol–water partition coefficient (Wildman–Crippen LogP) is 3.10. The summed E-state index contributed by atoms with van der Waals surface area (Å²) in [6.07, 6.45) is 2.32. The predicted molar refractivity (Wildman–Crippen MR) is 106 cm³/mol. The lowest BCUT2D eigenvalue weighted by molar-refractivity contribution is -0.132. The molecule has 1 amide bonds. The molecule has 6 nitrogen and oxygen atoms in total. The number of rotatable bonds is 9. The molecule has 26 heavy (non-hydrogen) atoms. The number of benzene rings is 1. The monoisotopic (exact) mass is 460 g/mol. The average molecular weight is 461 g/mol. The molecule has 0 aliphatic carbocycles. The van der Waals surface area contributed by atoms with Gasteiger partial charge in [0.15, 0.2) is 4.67 Å². The number of sulfonamides is 1. The molecule has 1 aromatic heterocycles. The summed E-state index contributed by atoms with van der Waals surface area (Å²) in [6.45, 7) is 0.257. The van der Waals surface area contributed by atoms with Crippen LogP contribution in [0.5, 0.6) is 0 Å². The standard InChI is InChI=1S/C17H21BrN2O4S2/c1-20(12-13-8-9-16(18)24-13)17(21)15(10-11-25-2)19-26(22,23)14-6-4-3-5-7-14/h3-9,15,19H,10-12H2,1-2H3. The number of nitrogens with one attached hydrogen (secondary N) is 1. The molecule has 0 aliphatic rings. The van der Waals surface area contributed by atoms with Crippen LogP contribution in [0.2, 0.25) is 0 Å². The summed E-state index contributed by atoms with van der Waals surface area (Å²) in [4.78, 5) is 14.4. The largest absolute Gasteiger partial charge is 0.452 e. The summed E-state index contributed by atoms with van der Waals surface area (Å²) in [7, 11) is -2.15. The molecule has 0 aliphatic heterocycles. The number of likely N-dealkylation sites (N-methyl/N-ethyl adjacent to an activating group) is 1. The van der Waals surface area contributed by atoms with E-state index < -0.39 is 16.1 Å². The third-order valence-electron chi connectivity index (χ3n) is 3.66. The normalized spacial score (nSPS) is 12.7. The lowest BCUT2D eigenvalue weighted by Crippen LogP contribution is -2.47. The third kappa shape index (κ3) is 5.87. The molecule has 0 radical (unpaired) electrons. The number of amides is 1. The molecule has 0 saturated heterocycles. The van der Waals surface area contributed by atoms with Crippen LogP contribution in [0.25, 0.3) is 0 Å². The Morgan fingerprint density at radius 1 is 1.27 bits per heavy atom. The van der Waals surface area contributed by atoms with Gasteiger partial charge >= 0.3 is 0 Å². The number of thioether (sulfide) groups is 1. The third-order valence-corrected chi connectivity index (χ3v) is 6.22. The van der Waals surface area contributed by atoms with Crippen molar-refractivity contribution in [1.29, 1.82) is 0 Å². The van der Waals surface area contributed by atoms with Gasteiger partial charge in [0.05, 0.1) is 11.4 Å². The summed E-state index contributed by atoms with van der Waals surface area (Å²) >= 11 is 4.78. The van der Waals surface area contributed by atoms with E-state index in [0.717, 1.165) is 0 Å². The van der Waals surface area contributed by atoms with Crippen molar-refractivity contribution in [1.82, 2.24) is 9.62 Å². The van der Waals surface area contributed by atoms with E-state index in [-0.39, 0.29) is 17.3 Å². The van der Waals surface area contributed by atoms with Crippen molar-refractivity contribution in [2.24, 2.45) is 0 Å². The first-order chi connectivity index (χ1) is 12.3. The molecular formula is C17H21BrN2O4S2. The number of hydrogen-bond acceptors (Lipinski definition) is 5. The Hall–Kier alpha value is -1.29. The molecule has 2 aromatic rings. The minimum atomic E-state index is -3.77. The summed E-state index contributed by atoms with van der Waals surface area (Å²) in [5.41, 5.74) is 0. The first kappa shape index (κ1) is 21.0. The van der Waals surface area contributed by atoms with Gasteiger partial charge in [0.1, 0.15) is 11.8 Å². The molecule has 142 valence electrons. The van der Waals surface area contributed by atoms with Crippen molar-refractivity contribution in [2.75, 3.05) is 19.1 Å². The van der Waals surface area contributed by atoms with Crippen molar-refractivity contribution in [3.05, 3.63) is 52.9 Å². The van der Waals surface area contributed by atoms with E-state index in [9.17, 15) is 13.2 Å². The second-order valence-electron chi connectivity index (χ2n) is 5.67. The fraction of sp³-hybridized carbons (Fsp3) is 0.353. The highest BCUT2D eigenvalue weighted by atomic mass is 79.9. The van der Waals surface area contributed by atoms with Crippen molar-refractivity contribution in [2.45, 2.75) is 23.9 Å². The van der Waals surface area contributed by atoms with Crippen LogP contribution in [0.15, 0.2) is 56.4 Å². The molecule has 0 spiro atoms. The molecular weight excluding hydrogens is 440 g/mol. The van der Waals surface area contributed by atoms with Crippen LogP contribution in [-0.4, -0.2) is 44.3 Å². The smallest absolute Gasteiger partial charge is 0.241 e. The number of nitrogens with zero attached hydrogens (tertiary/aromatic N) is 1. The average Bonchev–Trinajstić information content (AvgIpc) is 3.03. The lowest BCUT2D eigenvalue weighted by Gasteiger charge is -2.24. The fourth-order valence-electron chi connectivity index (χ4n) is 2.34. The van der Waals surface area contributed by atoms with Crippen molar-refractivity contribution < 1.29 is 17.6 Å². The topological polar surface area (TPSA) is 79.6 Å². The zero-order valence-electron chi connectivity index (χ0n) is 14.5. The number of halogens is 1. The van der Waals surface area contributed by atoms with Crippen LogP contribution in [0.3, 0.4) is 0 Å². The maximum Gasteiger partial charge on any atom is 0.241 e. The lowest BCUT2D eigenvalue weighted by atomic mass is 10.2. The van der Waals surface area contributed by atoms with Crippen LogP contribution in [0.4, 0.5) is 0 Å². The van der Waals surface area contributed by atoms with E-state index in [1.165, 1.54) is 17.0 Å². The molecule has 2 rings (SSSR count). The molecule has 0 saturated carbocycles. The van der Waals surface area contributed by atoms with E-state index in [2.05, 4.69) is 20.7 Å². The molecule has 0 bridgehead atoms. The molecule has 1 heterocycles.